The van der Waals surface area contributed by atoms with Crippen molar-refractivity contribution in [1.29, 1.82) is 0 Å². The molecule has 0 bridgehead atoms. The molecule has 0 unspecified atom stereocenters. The van der Waals surface area contributed by atoms with Crippen LogP contribution in [0.15, 0.2) is 181 Å². The molecule has 0 amide bonds. The molecule has 224 valence electrons. The van der Waals surface area contributed by atoms with E-state index in [2.05, 4.69) is 9.97 Å². The lowest BCUT2D eigenvalue weighted by atomic mass is 9.89. The van der Waals surface area contributed by atoms with Crippen LogP contribution < -0.4 is 0 Å². The number of nitrogens with zero attached hydrogens (tertiary/aromatic N) is 2. The average molecular weight is 640 g/mol. The molecule has 2 heteroatoms. The Kier molecular flexibility index (Phi) is 2.72. The van der Waals surface area contributed by atoms with E-state index >= 15 is 0 Å². The van der Waals surface area contributed by atoms with E-state index in [4.69, 9.17) is 31.5 Å². The number of rotatable bonds is 5. The second-order valence-electron chi connectivity index (χ2n) is 9.96. The van der Waals surface area contributed by atoms with Crippen molar-refractivity contribution in [2.45, 2.75) is 0 Å². The van der Waals surface area contributed by atoms with Gasteiger partial charge in [0.1, 0.15) is 0 Å². The van der Waals surface area contributed by atoms with Gasteiger partial charge < -0.3 is 0 Å². The molecule has 8 aromatic carbocycles. The number of aromatic nitrogens is 2. The van der Waals surface area contributed by atoms with Crippen LogP contribution in [-0.2, 0) is 0 Å². The fraction of sp³-hybridized carbons (Fsp3) is 0. The van der Waals surface area contributed by atoms with Crippen LogP contribution in [0.3, 0.4) is 0 Å². The van der Waals surface area contributed by atoms with Gasteiger partial charge in [-0.25, -0.2) is 9.97 Å². The van der Waals surface area contributed by atoms with Crippen LogP contribution in [-0.4, -0.2) is 9.97 Å². The van der Waals surface area contributed by atoms with Gasteiger partial charge in [0, 0.05) is 16.7 Å². The van der Waals surface area contributed by atoms with Gasteiger partial charge in [-0.2, -0.15) is 0 Å². The van der Waals surface area contributed by atoms with E-state index in [1.807, 2.05) is 0 Å². The maximum absolute atomic E-state index is 9.59. The number of fused-ring (bicyclic) bond motifs is 4. The minimum absolute atomic E-state index is 0.538. The molecule has 0 aliphatic carbocycles. The Labute approximate surface area is 320 Å². The van der Waals surface area contributed by atoms with Crippen molar-refractivity contribution in [1.82, 2.24) is 9.97 Å². The van der Waals surface area contributed by atoms with E-state index in [1.165, 1.54) is 0 Å². The molecule has 0 atom stereocenters. The van der Waals surface area contributed by atoms with Crippen molar-refractivity contribution in [2.24, 2.45) is 0 Å². The first-order chi connectivity index (χ1) is 35.9. The van der Waals surface area contributed by atoms with Crippen molar-refractivity contribution >= 4 is 32.3 Å². The van der Waals surface area contributed by atoms with Crippen LogP contribution in [0.5, 0.6) is 0 Å². The van der Waals surface area contributed by atoms with Crippen LogP contribution in [0.1, 0.15) is 39.8 Å². The van der Waals surface area contributed by atoms with Crippen LogP contribution in [0.2, 0.25) is 0 Å². The van der Waals surface area contributed by atoms with Gasteiger partial charge in [0.25, 0.3) is 0 Å². The minimum atomic E-state index is -1.06. The first kappa shape index (κ1) is 11.1. The Hall–Kier alpha value is -6.38. The summed E-state index contributed by atoms with van der Waals surface area (Å²) in [6.07, 6.45) is 0. The zero-order chi connectivity index (χ0) is 57.1. The summed E-state index contributed by atoms with van der Waals surface area (Å²) in [6, 6.07) is -25.5. The molecule has 9 aromatic rings. The van der Waals surface area contributed by atoms with Gasteiger partial charge in [0.2, 0.25) is 0 Å². The summed E-state index contributed by atoms with van der Waals surface area (Å²) in [7, 11) is 0. The Morgan fingerprint density at radius 1 is 0.333 bits per heavy atom. The van der Waals surface area contributed by atoms with E-state index < -0.39 is 264 Å². The number of benzene rings is 8. The molecule has 1 heterocycles. The fourth-order valence-corrected chi connectivity index (χ4v) is 5.00. The summed E-state index contributed by atoms with van der Waals surface area (Å²) in [5, 5.41) is -3.56. The van der Waals surface area contributed by atoms with Gasteiger partial charge in [-0.05, 0) is 66.7 Å². The molecule has 0 N–H and O–H groups in total. The Morgan fingerprint density at radius 2 is 0.833 bits per heavy atom. The second-order valence-corrected chi connectivity index (χ2v) is 9.96. The zero-order valence-corrected chi connectivity index (χ0v) is 24.0. The molecule has 0 fully saturated rings. The highest BCUT2D eigenvalue weighted by Crippen LogP contribution is 2.40. The first-order valence-electron chi connectivity index (χ1n) is 28.5. The highest BCUT2D eigenvalue weighted by Gasteiger charge is 2.14. The molecular weight excluding hydrogens is 581 g/mol. The van der Waals surface area contributed by atoms with Crippen LogP contribution in [0.4, 0.5) is 0 Å². The Balaban J connectivity index is 1.44. The monoisotopic (exact) mass is 639 g/mol. The van der Waals surface area contributed by atoms with E-state index in [0.717, 1.165) is 6.07 Å². The van der Waals surface area contributed by atoms with Crippen LogP contribution >= 0.6 is 0 Å². The lowest BCUT2D eigenvalue weighted by molar-refractivity contribution is 1.18. The maximum Gasteiger partial charge on any atom is 0.160 e. The number of hydrogen-bond acceptors (Lipinski definition) is 2. The highest BCUT2D eigenvalue weighted by molar-refractivity contribution is 6.20. The standard InChI is InChI=1S/C46H30N2/c1-3-11-31(12-4-1)32-19-21-34(22-20-32)43-30-44(48-46(47-43)37-14-5-2-6-15-37)35-23-25-36(26-24-35)45-40-18-10-8-16-38(40)29-42-39-17-9-7-13-33(39)27-28-41(42)45/h1-30H/i1D,2D,3D,4D,5D,6D,7D,8D,9D,10D,11D,12D,13D,14D,15D,16D,17D,18D,19D,20D,21D,22D,23D,24D,25D,26D,27D,28D,29D. The molecule has 9 rings (SSSR count). The normalized spacial score (nSPS) is 19.8. The lowest BCUT2D eigenvalue weighted by Gasteiger charge is -2.15. The van der Waals surface area contributed by atoms with E-state index in [9.17, 15) is 8.22 Å². The predicted molar refractivity (Wildman–Crippen MR) is 202 cm³/mol. The predicted octanol–water partition coefficient (Wildman–Crippen LogP) is 12.3. The summed E-state index contributed by atoms with van der Waals surface area (Å²) in [5.41, 5.74) is -6.55. The largest absolute Gasteiger partial charge is 0.228 e. The molecule has 1 aromatic heterocycles. The van der Waals surface area contributed by atoms with E-state index in [0.29, 0.717) is 0 Å². The second kappa shape index (κ2) is 11.8. The van der Waals surface area contributed by atoms with Gasteiger partial charge in [0.05, 0.1) is 51.1 Å². The van der Waals surface area contributed by atoms with Crippen molar-refractivity contribution in [3.63, 3.8) is 0 Å². The average Bonchev–Trinajstić information content (AvgIpc) is 3.48. The van der Waals surface area contributed by atoms with Gasteiger partial charge in [-0.3, -0.25) is 0 Å². The zero-order valence-electron chi connectivity index (χ0n) is 53.0. The molecule has 48 heavy (non-hydrogen) atoms. The van der Waals surface area contributed by atoms with Crippen molar-refractivity contribution in [3.8, 4) is 56.2 Å². The van der Waals surface area contributed by atoms with E-state index in [-0.39, 0.29) is 0 Å². The quantitative estimate of drug-likeness (QED) is 0.138. The molecule has 0 radical (unpaired) electrons. The smallest absolute Gasteiger partial charge is 0.160 e. The first-order valence-corrected chi connectivity index (χ1v) is 14.0. The van der Waals surface area contributed by atoms with Crippen molar-refractivity contribution in [3.05, 3.63) is 181 Å². The molecule has 0 aliphatic heterocycles. The third-order valence-corrected chi connectivity index (χ3v) is 7.15. The third kappa shape index (κ3) is 5.01. The highest BCUT2D eigenvalue weighted by atomic mass is 14.9. The maximum atomic E-state index is 9.59. The minimum Gasteiger partial charge on any atom is -0.228 e. The van der Waals surface area contributed by atoms with Gasteiger partial charge in [0.15, 0.2) is 5.82 Å². The molecule has 0 saturated carbocycles. The molecular formula is C46H30N2. The fourth-order valence-electron chi connectivity index (χ4n) is 5.00. The summed E-state index contributed by atoms with van der Waals surface area (Å²) in [4.78, 5) is 8.67. The van der Waals surface area contributed by atoms with E-state index in [1.54, 1.807) is 0 Å². The Bertz CT molecular complexity index is 4150. The summed E-state index contributed by atoms with van der Waals surface area (Å²) in [5.74, 6) is -0.820. The molecule has 0 saturated heterocycles. The topological polar surface area (TPSA) is 25.8 Å². The van der Waals surface area contributed by atoms with Crippen LogP contribution in [0.25, 0.3) is 88.5 Å². The van der Waals surface area contributed by atoms with Crippen molar-refractivity contribution < 1.29 is 39.8 Å². The summed E-state index contributed by atoms with van der Waals surface area (Å²) >= 11 is 0. The SMILES string of the molecule is [2H]c1c([2H])c([2H])c(-c2nc(-c3c([2H])c([2H])c(-c4c([2H])c([2H])c([2H])c([2H])c4[2H])c([2H])c3[2H])cc(-c3c([2H])c([2H])c(-c4c5c([2H])c([2H])c([2H])c([2H])c5c([2H])c5c4c([2H])c([2H])c4c([2H])c([2H])c([2H])c([2H])c45)c([2H])c3[2H])n2)c([2H])c1[2H]. The molecule has 0 spiro atoms. The Morgan fingerprint density at radius 3 is 1.50 bits per heavy atom. The van der Waals surface area contributed by atoms with Crippen molar-refractivity contribution in [2.75, 3.05) is 0 Å². The third-order valence-electron chi connectivity index (χ3n) is 7.15. The molecule has 2 nitrogen and oxygen atoms in total. The summed E-state index contributed by atoms with van der Waals surface area (Å²) < 4.78 is 256. The van der Waals surface area contributed by atoms with Crippen LogP contribution in [0, 0.1) is 0 Å². The van der Waals surface area contributed by atoms with Gasteiger partial charge >= 0.3 is 0 Å². The van der Waals surface area contributed by atoms with Gasteiger partial charge in [-0.1, -0.05) is 169 Å². The molecule has 0 aliphatic rings. The summed E-state index contributed by atoms with van der Waals surface area (Å²) in [6.45, 7) is 0. The van der Waals surface area contributed by atoms with Gasteiger partial charge in [-0.15, -0.1) is 0 Å². The lowest BCUT2D eigenvalue weighted by Crippen LogP contribution is -1.96. The number of hydrogen-bond donors (Lipinski definition) is 0.